The van der Waals surface area contributed by atoms with Gasteiger partial charge < -0.3 is 19.5 Å². The monoisotopic (exact) mass is 413 g/mol. The highest BCUT2D eigenvalue weighted by Gasteiger charge is 2.18. The predicted octanol–water partition coefficient (Wildman–Crippen LogP) is 4.70. The molecule has 0 aliphatic carbocycles. The van der Waals surface area contributed by atoms with Crippen molar-refractivity contribution in [3.63, 3.8) is 0 Å². The Kier molecular flexibility index (Phi) is 6.57. The largest absolute Gasteiger partial charge is 0.493 e. The number of hydrogen-bond donors (Lipinski definition) is 1. The third-order valence-electron chi connectivity index (χ3n) is 4.15. The van der Waals surface area contributed by atoms with Crippen molar-refractivity contribution >= 4 is 39.9 Å². The second-order valence-electron chi connectivity index (χ2n) is 6.07. The molecular weight excluding hydrogens is 394 g/mol. The van der Waals surface area contributed by atoms with Gasteiger partial charge >= 0.3 is 5.97 Å². The van der Waals surface area contributed by atoms with Gasteiger partial charge in [-0.3, -0.25) is 4.79 Å². The molecule has 0 saturated carbocycles. The molecule has 0 aromatic heterocycles. The van der Waals surface area contributed by atoms with Crippen LogP contribution in [-0.4, -0.2) is 32.2 Å². The topological polar surface area (TPSA) is 73.9 Å². The molecule has 0 bridgehead atoms. The Balaban J connectivity index is 1.67. The summed E-state index contributed by atoms with van der Waals surface area (Å²) >= 11 is 6.17. The van der Waals surface area contributed by atoms with E-state index >= 15 is 0 Å². The van der Waals surface area contributed by atoms with Gasteiger partial charge in [-0.15, -0.1) is 0 Å². The van der Waals surface area contributed by atoms with Crippen LogP contribution in [0.1, 0.15) is 17.3 Å². The minimum absolute atomic E-state index is 0.160. The summed E-state index contributed by atoms with van der Waals surface area (Å²) in [7, 11) is 1.45. The number of nitrogens with one attached hydrogen (secondary N) is 1. The van der Waals surface area contributed by atoms with Crippen LogP contribution < -0.4 is 14.8 Å². The molecule has 0 aliphatic rings. The van der Waals surface area contributed by atoms with Gasteiger partial charge in [-0.2, -0.15) is 0 Å². The van der Waals surface area contributed by atoms with Crippen molar-refractivity contribution in [3.8, 4) is 11.5 Å². The fourth-order valence-electron chi connectivity index (χ4n) is 2.86. The first-order chi connectivity index (χ1) is 14.0. The van der Waals surface area contributed by atoms with Crippen LogP contribution in [0.15, 0.2) is 54.6 Å². The van der Waals surface area contributed by atoms with Crippen LogP contribution in [0.25, 0.3) is 10.8 Å². The number of carbonyl (C=O) groups excluding carboxylic acids is 2. The predicted molar refractivity (Wildman–Crippen MR) is 112 cm³/mol. The molecule has 0 heterocycles. The number of ether oxygens (including phenoxy) is 3. The highest BCUT2D eigenvalue weighted by molar-refractivity contribution is 6.32. The smallest absolute Gasteiger partial charge is 0.338 e. The van der Waals surface area contributed by atoms with Crippen LogP contribution in [0.4, 0.5) is 5.69 Å². The molecule has 3 rings (SSSR count). The van der Waals surface area contributed by atoms with E-state index in [0.717, 1.165) is 10.8 Å². The number of halogens is 1. The molecule has 29 heavy (non-hydrogen) atoms. The van der Waals surface area contributed by atoms with E-state index in [2.05, 4.69) is 5.32 Å². The van der Waals surface area contributed by atoms with Gasteiger partial charge in [-0.25, -0.2) is 4.79 Å². The summed E-state index contributed by atoms with van der Waals surface area (Å²) in [4.78, 5) is 24.6. The van der Waals surface area contributed by atoms with E-state index in [0.29, 0.717) is 23.8 Å². The second-order valence-corrected chi connectivity index (χ2v) is 6.48. The highest BCUT2D eigenvalue weighted by Crippen LogP contribution is 2.36. The molecule has 1 N–H and O–H groups in total. The minimum atomic E-state index is -0.693. The fourth-order valence-corrected chi connectivity index (χ4v) is 3.12. The Bertz CT molecular complexity index is 1050. The molecular formula is C22H20ClNO5. The van der Waals surface area contributed by atoms with Gasteiger partial charge in [0.15, 0.2) is 18.1 Å². The van der Waals surface area contributed by atoms with Gasteiger partial charge in [0.1, 0.15) is 0 Å². The van der Waals surface area contributed by atoms with E-state index in [9.17, 15) is 9.59 Å². The van der Waals surface area contributed by atoms with Crippen LogP contribution >= 0.6 is 11.6 Å². The Morgan fingerprint density at radius 1 is 1.07 bits per heavy atom. The molecule has 0 spiro atoms. The van der Waals surface area contributed by atoms with E-state index in [1.54, 1.807) is 6.07 Å². The van der Waals surface area contributed by atoms with E-state index < -0.39 is 18.5 Å². The number of esters is 1. The van der Waals surface area contributed by atoms with Crippen molar-refractivity contribution < 1.29 is 23.8 Å². The summed E-state index contributed by atoms with van der Waals surface area (Å²) in [6.45, 7) is 1.77. The molecule has 0 unspecified atom stereocenters. The van der Waals surface area contributed by atoms with Gasteiger partial charge in [-0.05, 0) is 30.5 Å². The first-order valence-corrected chi connectivity index (χ1v) is 9.36. The number of benzene rings is 3. The second kappa shape index (κ2) is 9.30. The zero-order valence-electron chi connectivity index (χ0n) is 16.0. The van der Waals surface area contributed by atoms with Crippen molar-refractivity contribution in [1.82, 2.24) is 0 Å². The Labute approximate surface area is 173 Å². The Morgan fingerprint density at radius 3 is 2.59 bits per heavy atom. The van der Waals surface area contributed by atoms with E-state index in [4.69, 9.17) is 25.8 Å². The van der Waals surface area contributed by atoms with Crippen molar-refractivity contribution in [2.45, 2.75) is 6.92 Å². The normalized spacial score (nSPS) is 10.4. The molecule has 0 aliphatic heterocycles. The highest BCUT2D eigenvalue weighted by atomic mass is 35.5. The summed E-state index contributed by atoms with van der Waals surface area (Å²) in [5.41, 5.74) is 0.809. The average molecular weight is 414 g/mol. The van der Waals surface area contributed by atoms with Gasteiger partial charge in [0.25, 0.3) is 5.91 Å². The molecule has 1 amide bonds. The lowest BCUT2D eigenvalue weighted by Gasteiger charge is -2.13. The maximum absolute atomic E-state index is 12.3. The van der Waals surface area contributed by atoms with E-state index in [1.165, 1.54) is 19.2 Å². The number of rotatable bonds is 7. The lowest BCUT2D eigenvalue weighted by atomic mass is 10.1. The van der Waals surface area contributed by atoms with Gasteiger partial charge in [0.2, 0.25) is 0 Å². The minimum Gasteiger partial charge on any atom is -0.493 e. The molecule has 6 nitrogen and oxygen atoms in total. The summed E-state index contributed by atoms with van der Waals surface area (Å²) in [5.74, 6) is -0.478. The number of amides is 1. The van der Waals surface area contributed by atoms with Gasteiger partial charge in [0, 0.05) is 11.1 Å². The summed E-state index contributed by atoms with van der Waals surface area (Å²) in [6, 6.07) is 16.1. The van der Waals surface area contributed by atoms with Crippen LogP contribution in [-0.2, 0) is 9.53 Å². The molecule has 3 aromatic carbocycles. The molecule has 150 valence electrons. The maximum atomic E-state index is 12.3. The Hall–Kier alpha value is -3.25. The Morgan fingerprint density at radius 2 is 1.83 bits per heavy atom. The summed E-state index contributed by atoms with van der Waals surface area (Å²) in [6.07, 6.45) is 0. The molecule has 7 heteroatoms. The van der Waals surface area contributed by atoms with Crippen molar-refractivity contribution in [2.24, 2.45) is 0 Å². The number of anilines is 1. The first kappa shape index (κ1) is 20.5. The quantitative estimate of drug-likeness (QED) is 0.568. The molecule has 0 fully saturated rings. The molecule has 0 radical (unpaired) electrons. The number of fused-ring (bicyclic) bond motifs is 1. The van der Waals surface area contributed by atoms with E-state index in [-0.39, 0.29) is 10.6 Å². The van der Waals surface area contributed by atoms with Gasteiger partial charge in [0.05, 0.1) is 24.3 Å². The third-order valence-corrected chi connectivity index (χ3v) is 4.43. The van der Waals surface area contributed by atoms with E-state index in [1.807, 2.05) is 43.3 Å². The number of hydrogen-bond acceptors (Lipinski definition) is 5. The SMILES string of the molecule is CCOc1c(Cl)cc(C(=O)OCC(=O)Nc2cccc3ccccc23)cc1OC. The third kappa shape index (κ3) is 4.78. The van der Waals surface area contributed by atoms with Crippen molar-refractivity contribution in [3.05, 3.63) is 65.2 Å². The molecule has 3 aromatic rings. The van der Waals surface area contributed by atoms with Crippen LogP contribution in [0.5, 0.6) is 11.5 Å². The number of methoxy groups -OCH3 is 1. The summed E-state index contributed by atoms with van der Waals surface area (Å²) in [5, 5.41) is 4.88. The maximum Gasteiger partial charge on any atom is 0.338 e. The first-order valence-electron chi connectivity index (χ1n) is 8.98. The van der Waals surface area contributed by atoms with Crippen molar-refractivity contribution in [2.75, 3.05) is 25.6 Å². The van der Waals surface area contributed by atoms with Gasteiger partial charge in [-0.1, -0.05) is 48.0 Å². The lowest BCUT2D eigenvalue weighted by Crippen LogP contribution is -2.21. The molecule has 0 atom stereocenters. The summed E-state index contributed by atoms with van der Waals surface area (Å²) < 4.78 is 15.8. The lowest BCUT2D eigenvalue weighted by molar-refractivity contribution is -0.119. The average Bonchev–Trinajstić information content (AvgIpc) is 2.73. The zero-order chi connectivity index (χ0) is 20.8. The van der Waals surface area contributed by atoms with Crippen LogP contribution in [0, 0.1) is 0 Å². The number of carbonyl (C=O) groups is 2. The van der Waals surface area contributed by atoms with Crippen LogP contribution in [0.2, 0.25) is 5.02 Å². The standard InChI is InChI=1S/C22H20ClNO5/c1-3-28-21-17(23)11-15(12-19(21)27-2)22(26)29-13-20(25)24-18-10-6-8-14-7-4-5-9-16(14)18/h4-12H,3,13H2,1-2H3,(H,24,25). The van der Waals surface area contributed by atoms with Crippen molar-refractivity contribution in [1.29, 1.82) is 0 Å². The zero-order valence-corrected chi connectivity index (χ0v) is 16.8. The molecule has 0 saturated heterocycles. The fraction of sp³-hybridized carbons (Fsp3) is 0.182. The van der Waals surface area contributed by atoms with Crippen LogP contribution in [0.3, 0.4) is 0 Å².